The maximum absolute atomic E-state index is 12.4. The zero-order valence-electron chi connectivity index (χ0n) is 7.74. The van der Waals surface area contributed by atoms with Gasteiger partial charge in [-0.15, -0.1) is 0 Å². The van der Waals surface area contributed by atoms with Crippen molar-refractivity contribution in [1.29, 1.82) is 0 Å². The second-order valence-corrected chi connectivity index (χ2v) is 2.99. The van der Waals surface area contributed by atoms with Crippen molar-refractivity contribution in [3.8, 4) is 0 Å². The molecule has 0 aliphatic rings. The second kappa shape index (κ2) is 4.54. The summed E-state index contributed by atoms with van der Waals surface area (Å²) in [6.07, 6.45) is -0.375. The number of alkyl halides is 1. The van der Waals surface area contributed by atoms with Gasteiger partial charge in [-0.3, -0.25) is 4.79 Å². The Morgan fingerprint density at radius 3 is 2.33 bits per heavy atom. The molecular weight excluding hydrogens is 203 g/mol. The quantitative estimate of drug-likeness (QED) is 0.792. The van der Waals surface area contributed by atoms with Gasteiger partial charge in [0.15, 0.2) is 0 Å². The molecule has 80 valence electrons. The molecule has 0 aromatic heterocycles. The second-order valence-electron chi connectivity index (χ2n) is 2.99. The van der Waals surface area contributed by atoms with Crippen LogP contribution in [0.2, 0.25) is 0 Å². The summed E-state index contributed by atoms with van der Waals surface area (Å²) in [7, 11) is 0. The van der Waals surface area contributed by atoms with Gasteiger partial charge in [-0.05, 0) is 23.3 Å². The summed E-state index contributed by atoms with van der Waals surface area (Å²) in [6.45, 7) is -0.803. The maximum atomic E-state index is 12.4. The fourth-order valence-electron chi connectivity index (χ4n) is 1.22. The fourth-order valence-corrected chi connectivity index (χ4v) is 1.22. The van der Waals surface area contributed by atoms with Crippen LogP contribution in [-0.4, -0.2) is 22.2 Å². The van der Waals surface area contributed by atoms with E-state index in [2.05, 4.69) is 0 Å². The molecule has 0 amide bonds. The van der Waals surface area contributed by atoms with E-state index in [1.807, 2.05) is 0 Å². The zero-order chi connectivity index (χ0) is 11.4. The number of carboxylic acids is 2. The van der Waals surface area contributed by atoms with Crippen molar-refractivity contribution in [3.05, 3.63) is 34.9 Å². The molecule has 0 fully saturated rings. The largest absolute Gasteiger partial charge is 0.481 e. The van der Waals surface area contributed by atoms with Crippen LogP contribution in [0.5, 0.6) is 0 Å². The van der Waals surface area contributed by atoms with Crippen molar-refractivity contribution in [2.24, 2.45) is 0 Å². The lowest BCUT2D eigenvalue weighted by Crippen LogP contribution is -2.06. The number of carbonyl (C=O) groups is 2. The van der Waals surface area contributed by atoms with Crippen molar-refractivity contribution in [2.75, 3.05) is 0 Å². The minimum absolute atomic E-state index is 0.0385. The molecular formula is C10H9FO4. The first-order valence-electron chi connectivity index (χ1n) is 4.17. The summed E-state index contributed by atoms with van der Waals surface area (Å²) in [6, 6.07) is 3.73. The van der Waals surface area contributed by atoms with Gasteiger partial charge in [-0.1, -0.05) is 6.07 Å². The van der Waals surface area contributed by atoms with Gasteiger partial charge in [0.25, 0.3) is 0 Å². The molecule has 1 rings (SSSR count). The van der Waals surface area contributed by atoms with Crippen molar-refractivity contribution >= 4 is 11.9 Å². The van der Waals surface area contributed by atoms with Gasteiger partial charge in [0.05, 0.1) is 12.0 Å². The van der Waals surface area contributed by atoms with Crippen molar-refractivity contribution in [2.45, 2.75) is 13.1 Å². The summed E-state index contributed by atoms with van der Waals surface area (Å²) in [5.41, 5.74) is 0.371. The molecule has 0 aliphatic heterocycles. The van der Waals surface area contributed by atoms with Gasteiger partial charge >= 0.3 is 11.9 Å². The third-order valence-electron chi connectivity index (χ3n) is 1.94. The van der Waals surface area contributed by atoms with E-state index in [0.717, 1.165) is 0 Å². The molecule has 0 bridgehead atoms. The van der Waals surface area contributed by atoms with Gasteiger partial charge in [0, 0.05) is 0 Å². The van der Waals surface area contributed by atoms with E-state index in [-0.39, 0.29) is 23.1 Å². The van der Waals surface area contributed by atoms with Crippen LogP contribution in [0.3, 0.4) is 0 Å². The molecule has 0 saturated heterocycles. The lowest BCUT2D eigenvalue weighted by Gasteiger charge is -2.05. The molecule has 1 aromatic carbocycles. The van der Waals surface area contributed by atoms with Crippen LogP contribution in [0.25, 0.3) is 0 Å². The number of carboxylic acid groups (broad SMARTS) is 2. The van der Waals surface area contributed by atoms with E-state index < -0.39 is 18.6 Å². The monoisotopic (exact) mass is 212 g/mol. The van der Waals surface area contributed by atoms with Crippen molar-refractivity contribution < 1.29 is 24.2 Å². The summed E-state index contributed by atoms with van der Waals surface area (Å²) < 4.78 is 12.4. The third-order valence-corrected chi connectivity index (χ3v) is 1.94. The standard InChI is InChI=1S/C10H9FO4/c11-5-7-2-1-6(10(14)15)3-8(7)4-9(12)13/h1-3H,4-5H2,(H,12,13)(H,14,15). The highest BCUT2D eigenvalue weighted by Crippen LogP contribution is 2.14. The molecule has 4 nitrogen and oxygen atoms in total. The molecule has 0 spiro atoms. The number of halogens is 1. The molecule has 0 atom stereocenters. The smallest absolute Gasteiger partial charge is 0.335 e. The molecule has 5 heteroatoms. The average molecular weight is 212 g/mol. The van der Waals surface area contributed by atoms with Crippen LogP contribution in [-0.2, 0) is 17.9 Å². The fraction of sp³-hybridized carbons (Fsp3) is 0.200. The predicted molar refractivity (Wildman–Crippen MR) is 49.6 cm³/mol. The van der Waals surface area contributed by atoms with Crippen LogP contribution in [0.4, 0.5) is 4.39 Å². The topological polar surface area (TPSA) is 74.6 Å². The van der Waals surface area contributed by atoms with Crippen molar-refractivity contribution in [1.82, 2.24) is 0 Å². The van der Waals surface area contributed by atoms with E-state index >= 15 is 0 Å². The molecule has 0 radical (unpaired) electrons. The highest BCUT2D eigenvalue weighted by atomic mass is 19.1. The highest BCUT2D eigenvalue weighted by Gasteiger charge is 2.10. The maximum Gasteiger partial charge on any atom is 0.335 e. The Labute approximate surface area is 85.0 Å². The van der Waals surface area contributed by atoms with Gasteiger partial charge in [-0.2, -0.15) is 0 Å². The minimum Gasteiger partial charge on any atom is -0.481 e. The Morgan fingerprint density at radius 1 is 1.20 bits per heavy atom. The highest BCUT2D eigenvalue weighted by molar-refractivity contribution is 5.88. The van der Waals surface area contributed by atoms with E-state index in [1.54, 1.807) is 0 Å². The number of hydrogen-bond donors (Lipinski definition) is 2. The van der Waals surface area contributed by atoms with Gasteiger partial charge in [0.2, 0.25) is 0 Å². The van der Waals surface area contributed by atoms with Crippen LogP contribution < -0.4 is 0 Å². The molecule has 15 heavy (non-hydrogen) atoms. The number of aromatic carboxylic acids is 1. The number of hydrogen-bond acceptors (Lipinski definition) is 2. The van der Waals surface area contributed by atoms with E-state index in [1.165, 1.54) is 18.2 Å². The Bertz CT molecular complexity index is 400. The summed E-state index contributed by atoms with van der Waals surface area (Å²) >= 11 is 0. The SMILES string of the molecule is O=C(O)Cc1cc(C(=O)O)ccc1CF. The average Bonchev–Trinajstić information content (AvgIpc) is 2.16. The van der Waals surface area contributed by atoms with Gasteiger partial charge in [0.1, 0.15) is 6.67 Å². The van der Waals surface area contributed by atoms with Crippen LogP contribution in [0.1, 0.15) is 21.5 Å². The van der Waals surface area contributed by atoms with E-state index in [0.29, 0.717) is 0 Å². The Hall–Kier alpha value is -1.91. The molecule has 1 aromatic rings. The number of rotatable bonds is 4. The van der Waals surface area contributed by atoms with E-state index in [4.69, 9.17) is 10.2 Å². The lowest BCUT2D eigenvalue weighted by atomic mass is 10.0. The number of aliphatic carboxylic acids is 1. The Balaban J connectivity index is 3.12. The molecule has 0 heterocycles. The summed E-state index contributed by atoms with van der Waals surface area (Å²) in [5, 5.41) is 17.2. The first kappa shape index (κ1) is 11.2. The van der Waals surface area contributed by atoms with Crippen LogP contribution in [0.15, 0.2) is 18.2 Å². The Kier molecular flexibility index (Phi) is 3.38. The van der Waals surface area contributed by atoms with Gasteiger partial charge in [-0.25, -0.2) is 9.18 Å². The minimum atomic E-state index is -1.16. The molecule has 0 unspecified atom stereocenters. The molecule has 0 aliphatic carbocycles. The van der Waals surface area contributed by atoms with Gasteiger partial charge < -0.3 is 10.2 Å². The van der Waals surface area contributed by atoms with Crippen LogP contribution >= 0.6 is 0 Å². The zero-order valence-corrected chi connectivity index (χ0v) is 7.74. The lowest BCUT2D eigenvalue weighted by molar-refractivity contribution is -0.136. The van der Waals surface area contributed by atoms with Crippen molar-refractivity contribution in [3.63, 3.8) is 0 Å². The summed E-state index contributed by atoms with van der Waals surface area (Å²) in [5.74, 6) is -2.28. The summed E-state index contributed by atoms with van der Waals surface area (Å²) in [4.78, 5) is 21.0. The Morgan fingerprint density at radius 2 is 1.87 bits per heavy atom. The molecule has 2 N–H and O–H groups in total. The first-order valence-corrected chi connectivity index (χ1v) is 4.17. The normalized spacial score (nSPS) is 9.93. The number of benzene rings is 1. The first-order chi connectivity index (χ1) is 7.04. The molecule has 0 saturated carbocycles. The predicted octanol–water partition coefficient (Wildman–Crippen LogP) is 1.48. The van der Waals surface area contributed by atoms with Crippen LogP contribution in [0, 0.1) is 0 Å². The van der Waals surface area contributed by atoms with E-state index in [9.17, 15) is 14.0 Å². The third kappa shape index (κ3) is 2.77.